The Hall–Kier alpha value is -1.33. The highest BCUT2D eigenvalue weighted by atomic mass is 16.5. The molecule has 0 radical (unpaired) electrons. The average molecular weight is 295 g/mol. The summed E-state index contributed by atoms with van der Waals surface area (Å²) in [5.41, 5.74) is 1.52. The van der Waals surface area contributed by atoms with Crippen LogP contribution in [0.4, 0.5) is 0 Å². The SMILES string of the molecule is COCC(C)NC(=O)c1oc2c(c1C)C(O)CC(C)(C)C2. The molecule has 1 amide bonds. The number of rotatable bonds is 4. The fraction of sp³-hybridized carbons (Fsp3) is 0.688. The van der Waals surface area contributed by atoms with Crippen molar-refractivity contribution in [2.45, 2.75) is 52.7 Å². The molecule has 0 saturated carbocycles. The second-order valence-electron chi connectivity index (χ2n) is 6.78. The van der Waals surface area contributed by atoms with Crippen LogP contribution in [0.25, 0.3) is 0 Å². The van der Waals surface area contributed by atoms with Crippen LogP contribution in [0.2, 0.25) is 0 Å². The average Bonchev–Trinajstić information content (AvgIpc) is 2.64. The van der Waals surface area contributed by atoms with Crippen molar-refractivity contribution in [3.8, 4) is 0 Å². The molecule has 1 heterocycles. The molecule has 5 nitrogen and oxygen atoms in total. The van der Waals surface area contributed by atoms with E-state index in [0.717, 1.165) is 23.3 Å². The van der Waals surface area contributed by atoms with E-state index >= 15 is 0 Å². The van der Waals surface area contributed by atoms with Crippen LogP contribution in [-0.4, -0.2) is 30.8 Å². The summed E-state index contributed by atoms with van der Waals surface area (Å²) in [4.78, 5) is 12.3. The molecule has 0 bridgehead atoms. The van der Waals surface area contributed by atoms with Crippen LogP contribution in [0.15, 0.2) is 4.42 Å². The van der Waals surface area contributed by atoms with Crippen molar-refractivity contribution < 1.29 is 19.1 Å². The van der Waals surface area contributed by atoms with Crippen molar-refractivity contribution >= 4 is 5.91 Å². The molecule has 118 valence electrons. The molecule has 1 aliphatic carbocycles. The Morgan fingerprint density at radius 2 is 2.24 bits per heavy atom. The van der Waals surface area contributed by atoms with Gasteiger partial charge in [-0.15, -0.1) is 0 Å². The van der Waals surface area contributed by atoms with Gasteiger partial charge in [-0.2, -0.15) is 0 Å². The molecule has 2 rings (SSSR count). The third-order valence-corrected chi connectivity index (χ3v) is 3.99. The number of hydrogen-bond acceptors (Lipinski definition) is 4. The van der Waals surface area contributed by atoms with E-state index in [1.165, 1.54) is 0 Å². The minimum atomic E-state index is -0.564. The van der Waals surface area contributed by atoms with Crippen molar-refractivity contribution in [3.05, 3.63) is 22.6 Å². The molecular weight excluding hydrogens is 270 g/mol. The van der Waals surface area contributed by atoms with Gasteiger partial charge in [-0.3, -0.25) is 4.79 Å². The first-order chi connectivity index (χ1) is 9.75. The van der Waals surface area contributed by atoms with Gasteiger partial charge in [0.2, 0.25) is 0 Å². The number of fused-ring (bicyclic) bond motifs is 1. The summed E-state index contributed by atoms with van der Waals surface area (Å²) in [5.74, 6) is 0.789. The van der Waals surface area contributed by atoms with E-state index in [-0.39, 0.29) is 17.4 Å². The summed E-state index contributed by atoms with van der Waals surface area (Å²) in [7, 11) is 1.60. The molecule has 0 aromatic carbocycles. The molecule has 1 aromatic rings. The fourth-order valence-electron chi connectivity index (χ4n) is 3.08. The third-order valence-electron chi connectivity index (χ3n) is 3.99. The number of aliphatic hydroxyl groups is 1. The van der Waals surface area contributed by atoms with Crippen LogP contribution in [0, 0.1) is 12.3 Å². The van der Waals surface area contributed by atoms with Crippen molar-refractivity contribution in [1.29, 1.82) is 0 Å². The number of hydrogen-bond donors (Lipinski definition) is 2. The summed E-state index contributed by atoms with van der Waals surface area (Å²) in [6, 6.07) is -0.0922. The number of furan rings is 1. The molecule has 1 aliphatic rings. The third kappa shape index (κ3) is 3.30. The predicted octanol–water partition coefficient (Wildman–Crippen LogP) is 2.36. The van der Waals surface area contributed by atoms with Crippen molar-refractivity contribution in [3.63, 3.8) is 0 Å². The van der Waals surface area contributed by atoms with Crippen LogP contribution < -0.4 is 5.32 Å². The van der Waals surface area contributed by atoms with Gasteiger partial charge >= 0.3 is 0 Å². The maximum absolute atomic E-state index is 12.3. The summed E-state index contributed by atoms with van der Waals surface area (Å²) < 4.78 is 10.8. The Morgan fingerprint density at radius 1 is 1.57 bits per heavy atom. The van der Waals surface area contributed by atoms with Crippen molar-refractivity contribution in [2.24, 2.45) is 5.41 Å². The van der Waals surface area contributed by atoms with E-state index in [4.69, 9.17) is 9.15 Å². The summed E-state index contributed by atoms with van der Waals surface area (Å²) in [5, 5.41) is 13.2. The highest BCUT2D eigenvalue weighted by Gasteiger charge is 2.37. The Bertz CT molecular complexity index is 533. The first-order valence-corrected chi connectivity index (χ1v) is 7.35. The van der Waals surface area contributed by atoms with Crippen LogP contribution in [0.3, 0.4) is 0 Å². The van der Waals surface area contributed by atoms with Gasteiger partial charge in [0.05, 0.1) is 12.7 Å². The van der Waals surface area contributed by atoms with Gasteiger partial charge in [-0.25, -0.2) is 0 Å². The normalized spacial score (nSPS) is 21.7. The Morgan fingerprint density at radius 3 is 2.86 bits per heavy atom. The van der Waals surface area contributed by atoms with Gasteiger partial charge < -0.3 is 19.6 Å². The summed E-state index contributed by atoms with van der Waals surface area (Å²) in [6.45, 7) is 8.34. The second kappa shape index (κ2) is 5.81. The molecule has 5 heteroatoms. The molecule has 2 unspecified atom stereocenters. The number of methoxy groups -OCH3 is 1. The molecule has 0 aliphatic heterocycles. The topological polar surface area (TPSA) is 71.7 Å². The van der Waals surface area contributed by atoms with Crippen molar-refractivity contribution in [1.82, 2.24) is 5.32 Å². The number of nitrogens with one attached hydrogen (secondary N) is 1. The zero-order valence-corrected chi connectivity index (χ0v) is 13.4. The number of aliphatic hydroxyl groups excluding tert-OH is 1. The quantitative estimate of drug-likeness (QED) is 0.894. The molecule has 0 saturated heterocycles. The maximum Gasteiger partial charge on any atom is 0.287 e. The lowest BCUT2D eigenvalue weighted by atomic mass is 9.75. The summed E-state index contributed by atoms with van der Waals surface area (Å²) >= 11 is 0. The van der Waals surface area contributed by atoms with Crippen LogP contribution >= 0.6 is 0 Å². The van der Waals surface area contributed by atoms with Gasteiger partial charge in [-0.05, 0) is 25.7 Å². The molecule has 21 heavy (non-hydrogen) atoms. The molecule has 0 spiro atoms. The van der Waals surface area contributed by atoms with E-state index in [0.29, 0.717) is 18.8 Å². The van der Waals surface area contributed by atoms with Crippen LogP contribution in [0.1, 0.15) is 60.7 Å². The minimum Gasteiger partial charge on any atom is -0.455 e. The standard InChI is InChI=1S/C16H25NO4/c1-9(8-20-5)17-15(19)14-10(2)13-11(18)6-16(3,4)7-12(13)21-14/h9,11,18H,6-8H2,1-5H3,(H,17,19). The zero-order chi connectivity index (χ0) is 15.8. The van der Waals surface area contributed by atoms with Crippen molar-refractivity contribution in [2.75, 3.05) is 13.7 Å². The van der Waals surface area contributed by atoms with E-state index < -0.39 is 6.10 Å². The smallest absolute Gasteiger partial charge is 0.287 e. The van der Waals surface area contributed by atoms with Gasteiger partial charge in [-0.1, -0.05) is 13.8 Å². The molecule has 2 atom stereocenters. The number of amides is 1. The number of ether oxygens (including phenoxy) is 1. The number of carbonyl (C=O) groups excluding carboxylic acids is 1. The largest absolute Gasteiger partial charge is 0.455 e. The van der Waals surface area contributed by atoms with E-state index in [9.17, 15) is 9.90 Å². The monoisotopic (exact) mass is 295 g/mol. The lowest BCUT2D eigenvalue weighted by molar-refractivity contribution is 0.0853. The lowest BCUT2D eigenvalue weighted by Gasteiger charge is -2.31. The van der Waals surface area contributed by atoms with Gasteiger partial charge in [0.15, 0.2) is 5.76 Å². The lowest BCUT2D eigenvalue weighted by Crippen LogP contribution is -2.35. The van der Waals surface area contributed by atoms with Crippen LogP contribution in [0.5, 0.6) is 0 Å². The molecular formula is C16H25NO4. The molecule has 1 aromatic heterocycles. The first kappa shape index (κ1) is 16.0. The predicted molar refractivity (Wildman–Crippen MR) is 79.3 cm³/mol. The van der Waals surface area contributed by atoms with Crippen LogP contribution in [-0.2, 0) is 11.2 Å². The highest BCUT2D eigenvalue weighted by molar-refractivity contribution is 5.93. The Balaban J connectivity index is 2.26. The fourth-order valence-corrected chi connectivity index (χ4v) is 3.08. The van der Waals surface area contributed by atoms with E-state index in [2.05, 4.69) is 19.2 Å². The Labute approximate surface area is 125 Å². The molecule has 0 fully saturated rings. The van der Waals surface area contributed by atoms with E-state index in [1.807, 2.05) is 13.8 Å². The second-order valence-corrected chi connectivity index (χ2v) is 6.78. The zero-order valence-electron chi connectivity index (χ0n) is 13.4. The number of carbonyl (C=O) groups is 1. The highest BCUT2D eigenvalue weighted by Crippen LogP contribution is 2.43. The maximum atomic E-state index is 12.3. The minimum absolute atomic E-state index is 0.0200. The van der Waals surface area contributed by atoms with Gasteiger partial charge in [0, 0.05) is 30.7 Å². The molecule has 2 N–H and O–H groups in total. The van der Waals surface area contributed by atoms with Gasteiger partial charge in [0.25, 0.3) is 5.91 Å². The Kier molecular flexibility index (Phi) is 4.44. The summed E-state index contributed by atoms with van der Waals surface area (Å²) in [6.07, 6.45) is 0.855. The van der Waals surface area contributed by atoms with Gasteiger partial charge in [0.1, 0.15) is 5.76 Å². The van der Waals surface area contributed by atoms with E-state index in [1.54, 1.807) is 7.11 Å². The first-order valence-electron chi connectivity index (χ1n) is 7.35.